The van der Waals surface area contributed by atoms with Crippen LogP contribution in [0, 0.1) is 5.92 Å². The van der Waals surface area contributed by atoms with Gasteiger partial charge in [-0.25, -0.2) is 0 Å². The monoisotopic (exact) mass is 288 g/mol. The van der Waals surface area contributed by atoms with Crippen LogP contribution in [0.1, 0.15) is 37.8 Å². The van der Waals surface area contributed by atoms with Crippen LogP contribution in [-0.2, 0) is 16.1 Å². The molecule has 5 nitrogen and oxygen atoms in total. The number of rotatable bonds is 3. The Labute approximate surface area is 123 Å². The third-order valence-electron chi connectivity index (χ3n) is 4.52. The van der Waals surface area contributed by atoms with Gasteiger partial charge < -0.3 is 14.3 Å². The second kappa shape index (κ2) is 5.47. The van der Waals surface area contributed by atoms with E-state index in [0.717, 1.165) is 12.1 Å². The number of piperidine rings is 1. The summed E-state index contributed by atoms with van der Waals surface area (Å²) in [6, 6.07) is 5.39. The molecule has 0 unspecified atom stereocenters. The molecule has 3 heterocycles. The summed E-state index contributed by atoms with van der Waals surface area (Å²) >= 11 is 0. The van der Waals surface area contributed by atoms with Gasteiger partial charge >= 0.3 is 0 Å². The Bertz CT molecular complexity index is 635. The summed E-state index contributed by atoms with van der Waals surface area (Å²) in [5, 5.41) is 0. The van der Waals surface area contributed by atoms with E-state index in [1.165, 1.54) is 6.92 Å². The number of ketones is 1. The number of hydrogen-bond acceptors (Lipinski definition) is 3. The van der Waals surface area contributed by atoms with Gasteiger partial charge in [0.15, 0.2) is 0 Å². The molecule has 0 aromatic carbocycles. The topological polar surface area (TPSA) is 59.4 Å². The molecule has 1 saturated heterocycles. The van der Waals surface area contributed by atoms with Crippen LogP contribution in [-0.4, -0.2) is 34.2 Å². The first-order valence-corrected chi connectivity index (χ1v) is 7.51. The molecular formula is C16H20N2O3. The summed E-state index contributed by atoms with van der Waals surface area (Å²) in [5.41, 5.74) is 1.10. The molecule has 112 valence electrons. The fourth-order valence-corrected chi connectivity index (χ4v) is 3.54. The van der Waals surface area contributed by atoms with Crippen molar-refractivity contribution in [2.24, 2.45) is 5.92 Å². The lowest BCUT2D eigenvalue weighted by Gasteiger charge is -2.42. The minimum absolute atomic E-state index is 0.0532. The zero-order valence-electron chi connectivity index (χ0n) is 12.2. The van der Waals surface area contributed by atoms with Gasteiger partial charge in [0.25, 0.3) is 5.56 Å². The Morgan fingerprint density at radius 2 is 2.00 bits per heavy atom. The van der Waals surface area contributed by atoms with E-state index in [4.69, 9.17) is 0 Å². The second-order valence-corrected chi connectivity index (χ2v) is 6.20. The number of pyridine rings is 1. The number of likely N-dealkylation sites (tertiary alicyclic amines) is 1. The highest BCUT2D eigenvalue weighted by molar-refractivity contribution is 5.83. The molecule has 1 aromatic rings. The van der Waals surface area contributed by atoms with Crippen molar-refractivity contribution in [3.05, 3.63) is 34.2 Å². The predicted octanol–water partition coefficient (Wildman–Crippen LogP) is 1.16. The summed E-state index contributed by atoms with van der Waals surface area (Å²) in [5.74, 6) is 0.703. The van der Waals surface area contributed by atoms with Crippen LogP contribution in [0.3, 0.4) is 0 Å². The van der Waals surface area contributed by atoms with E-state index in [2.05, 4.69) is 0 Å². The van der Waals surface area contributed by atoms with Crippen LogP contribution in [0.25, 0.3) is 0 Å². The van der Waals surface area contributed by atoms with Crippen molar-refractivity contribution >= 4 is 11.7 Å². The van der Waals surface area contributed by atoms with E-state index in [9.17, 15) is 14.4 Å². The lowest BCUT2D eigenvalue weighted by atomic mass is 9.83. The maximum absolute atomic E-state index is 12.2. The van der Waals surface area contributed by atoms with Gasteiger partial charge in [-0.15, -0.1) is 0 Å². The molecule has 1 amide bonds. The Morgan fingerprint density at radius 1 is 1.19 bits per heavy atom. The largest absolute Gasteiger partial charge is 0.342 e. The predicted molar refractivity (Wildman–Crippen MR) is 78.0 cm³/mol. The van der Waals surface area contributed by atoms with Gasteiger partial charge in [0.2, 0.25) is 5.91 Å². The zero-order valence-corrected chi connectivity index (χ0v) is 12.2. The first-order chi connectivity index (χ1) is 10.0. The van der Waals surface area contributed by atoms with E-state index in [1.807, 2.05) is 15.5 Å². The molecule has 1 aromatic heterocycles. The lowest BCUT2D eigenvalue weighted by molar-refractivity contribution is -0.135. The summed E-state index contributed by atoms with van der Waals surface area (Å²) in [7, 11) is 0. The van der Waals surface area contributed by atoms with E-state index in [0.29, 0.717) is 38.4 Å². The first-order valence-electron chi connectivity index (χ1n) is 7.51. The Hall–Kier alpha value is -1.91. The number of carbonyl (C=O) groups excluding carboxylic acids is 2. The summed E-state index contributed by atoms with van der Waals surface area (Å²) in [6.07, 6.45) is 1.66. The number of carbonyl (C=O) groups is 2. The molecule has 2 atom stereocenters. The van der Waals surface area contributed by atoms with Gasteiger partial charge in [0.05, 0.1) is 0 Å². The van der Waals surface area contributed by atoms with Crippen LogP contribution >= 0.6 is 0 Å². The zero-order chi connectivity index (χ0) is 15.0. The highest BCUT2D eigenvalue weighted by Crippen LogP contribution is 2.35. The Kier molecular flexibility index (Phi) is 3.66. The van der Waals surface area contributed by atoms with Gasteiger partial charge in [-0.2, -0.15) is 0 Å². The number of amides is 1. The molecule has 0 spiro atoms. The standard InChI is InChI=1S/C16H20N2O3/c1-11(19)5-6-15(20)17-8-12-7-13(10-17)14-3-2-4-16(21)18(14)9-12/h2-4,12-13H,5-10H2,1H3/t12-,13+/m1/s1. The summed E-state index contributed by atoms with van der Waals surface area (Å²) in [6.45, 7) is 3.58. The molecule has 0 saturated carbocycles. The number of hydrogen-bond donors (Lipinski definition) is 0. The molecule has 0 radical (unpaired) electrons. The summed E-state index contributed by atoms with van der Waals surface area (Å²) in [4.78, 5) is 37.0. The highest BCUT2D eigenvalue weighted by atomic mass is 16.2. The van der Waals surface area contributed by atoms with E-state index < -0.39 is 0 Å². The molecule has 0 N–H and O–H groups in total. The maximum atomic E-state index is 12.2. The fraction of sp³-hybridized carbons (Fsp3) is 0.562. The molecular weight excluding hydrogens is 268 g/mol. The smallest absolute Gasteiger partial charge is 0.250 e. The van der Waals surface area contributed by atoms with Crippen molar-refractivity contribution in [1.82, 2.24) is 9.47 Å². The third-order valence-corrected chi connectivity index (χ3v) is 4.52. The van der Waals surface area contributed by atoms with Crippen molar-refractivity contribution < 1.29 is 9.59 Å². The van der Waals surface area contributed by atoms with Crippen molar-refractivity contribution in [1.29, 1.82) is 0 Å². The van der Waals surface area contributed by atoms with Crippen molar-refractivity contribution in [2.45, 2.75) is 38.6 Å². The SMILES string of the molecule is CC(=O)CCC(=O)N1C[C@H]2C[C@@H](C1)c1cccc(=O)n1C2. The van der Waals surface area contributed by atoms with Crippen LogP contribution in [0.4, 0.5) is 0 Å². The number of Topliss-reactive ketones (excluding diaryl/α,β-unsaturated/α-hetero) is 1. The van der Waals surface area contributed by atoms with Crippen LogP contribution < -0.4 is 5.56 Å². The molecule has 1 fully saturated rings. The average molecular weight is 288 g/mol. The summed E-state index contributed by atoms with van der Waals surface area (Å²) < 4.78 is 1.86. The fourth-order valence-electron chi connectivity index (χ4n) is 3.54. The first kappa shape index (κ1) is 14.0. The number of aromatic nitrogens is 1. The van der Waals surface area contributed by atoms with Crippen LogP contribution in [0.2, 0.25) is 0 Å². The van der Waals surface area contributed by atoms with Crippen molar-refractivity contribution in [2.75, 3.05) is 13.1 Å². The van der Waals surface area contributed by atoms with Gasteiger partial charge in [-0.3, -0.25) is 9.59 Å². The van der Waals surface area contributed by atoms with Crippen LogP contribution in [0.15, 0.2) is 23.0 Å². The normalized spacial score (nSPS) is 23.6. The number of nitrogens with zero attached hydrogens (tertiary/aromatic N) is 2. The van der Waals surface area contributed by atoms with Gasteiger partial charge in [0.1, 0.15) is 5.78 Å². The second-order valence-electron chi connectivity index (χ2n) is 6.20. The molecule has 2 bridgehead atoms. The quantitative estimate of drug-likeness (QED) is 0.838. The van der Waals surface area contributed by atoms with E-state index in [1.54, 1.807) is 12.1 Å². The molecule has 21 heavy (non-hydrogen) atoms. The van der Waals surface area contributed by atoms with Gasteiger partial charge in [-0.1, -0.05) is 6.07 Å². The van der Waals surface area contributed by atoms with Crippen LogP contribution in [0.5, 0.6) is 0 Å². The van der Waals surface area contributed by atoms with Crippen molar-refractivity contribution in [3.8, 4) is 0 Å². The van der Waals surface area contributed by atoms with Gasteiger partial charge in [-0.05, 0) is 25.3 Å². The van der Waals surface area contributed by atoms with E-state index in [-0.39, 0.29) is 23.2 Å². The average Bonchev–Trinajstić information content (AvgIpc) is 2.45. The minimum atomic E-state index is 0.0532. The molecule has 3 rings (SSSR count). The third kappa shape index (κ3) is 2.77. The van der Waals surface area contributed by atoms with Gasteiger partial charge in [0, 0.05) is 50.2 Å². The lowest BCUT2D eigenvalue weighted by Crippen LogP contribution is -2.49. The molecule has 2 aliphatic rings. The highest BCUT2D eigenvalue weighted by Gasteiger charge is 2.35. The minimum Gasteiger partial charge on any atom is -0.342 e. The molecule has 2 aliphatic heterocycles. The maximum Gasteiger partial charge on any atom is 0.250 e. The van der Waals surface area contributed by atoms with Crippen molar-refractivity contribution in [3.63, 3.8) is 0 Å². The number of fused-ring (bicyclic) bond motifs is 4. The molecule has 0 aliphatic carbocycles. The van der Waals surface area contributed by atoms with E-state index >= 15 is 0 Å². The molecule has 5 heteroatoms. The Balaban J connectivity index is 1.77. The Morgan fingerprint density at radius 3 is 2.76 bits per heavy atom.